The van der Waals surface area contributed by atoms with Crippen molar-refractivity contribution in [1.29, 1.82) is 0 Å². The number of hydrogen-bond acceptors (Lipinski definition) is 1. The number of rotatable bonds is 2. The van der Waals surface area contributed by atoms with Crippen LogP contribution in [0.3, 0.4) is 0 Å². The Labute approximate surface area is 80.3 Å². The lowest BCUT2D eigenvalue weighted by Crippen LogP contribution is -2.13. The predicted molar refractivity (Wildman–Crippen MR) is 49.4 cm³/mol. The minimum absolute atomic E-state index is 0.124. The summed E-state index contributed by atoms with van der Waals surface area (Å²) in [6.07, 6.45) is 0.124. The quantitative estimate of drug-likeness (QED) is 0.786. The molecule has 1 amide bonds. The molecule has 4 heteroatoms. The van der Waals surface area contributed by atoms with Crippen LogP contribution in [0.4, 0.5) is 0 Å². The Morgan fingerprint density at radius 1 is 1.42 bits per heavy atom. The van der Waals surface area contributed by atoms with Crippen molar-refractivity contribution in [3.05, 3.63) is 33.8 Å². The Morgan fingerprint density at radius 2 is 2.08 bits per heavy atom. The van der Waals surface area contributed by atoms with Gasteiger partial charge in [-0.3, -0.25) is 4.79 Å². The highest BCUT2D eigenvalue weighted by Gasteiger charge is 2.03. The van der Waals surface area contributed by atoms with Gasteiger partial charge in [0.15, 0.2) is 0 Å². The van der Waals surface area contributed by atoms with Crippen LogP contribution in [0, 0.1) is 0 Å². The summed E-state index contributed by atoms with van der Waals surface area (Å²) in [6.45, 7) is 0. The van der Waals surface area contributed by atoms with Crippen molar-refractivity contribution in [3.63, 3.8) is 0 Å². The topological polar surface area (TPSA) is 43.1 Å². The van der Waals surface area contributed by atoms with E-state index >= 15 is 0 Å². The van der Waals surface area contributed by atoms with E-state index in [1.54, 1.807) is 18.2 Å². The normalized spacial score (nSPS) is 9.83. The van der Waals surface area contributed by atoms with Crippen LogP contribution in [0.15, 0.2) is 18.2 Å². The molecule has 0 unspecified atom stereocenters. The first kappa shape index (κ1) is 9.36. The summed E-state index contributed by atoms with van der Waals surface area (Å²) in [6, 6.07) is 4.94. The molecule has 1 aromatic rings. The Kier molecular flexibility index (Phi) is 2.95. The van der Waals surface area contributed by atoms with Gasteiger partial charge < -0.3 is 5.73 Å². The molecule has 0 atom stereocenters. The maximum absolute atomic E-state index is 10.6. The van der Waals surface area contributed by atoms with E-state index < -0.39 is 5.91 Å². The summed E-state index contributed by atoms with van der Waals surface area (Å²) in [5, 5.41) is 1.06. The average Bonchev–Trinajstić information content (AvgIpc) is 1.96. The van der Waals surface area contributed by atoms with E-state index in [4.69, 9.17) is 28.9 Å². The van der Waals surface area contributed by atoms with Crippen LogP contribution in [-0.4, -0.2) is 5.91 Å². The minimum atomic E-state index is -0.417. The number of amides is 1. The molecule has 2 N–H and O–H groups in total. The molecule has 0 aromatic heterocycles. The van der Waals surface area contributed by atoms with Crippen LogP contribution >= 0.6 is 23.2 Å². The van der Waals surface area contributed by atoms with Gasteiger partial charge >= 0.3 is 0 Å². The molecule has 0 aliphatic carbocycles. The molecule has 12 heavy (non-hydrogen) atoms. The molecule has 0 heterocycles. The number of halogens is 2. The molecule has 2 nitrogen and oxygen atoms in total. The lowest BCUT2D eigenvalue weighted by Gasteiger charge is -2.00. The van der Waals surface area contributed by atoms with Gasteiger partial charge in [0.2, 0.25) is 5.91 Å². The molecule has 1 aromatic carbocycles. The van der Waals surface area contributed by atoms with E-state index in [1.807, 2.05) is 0 Å². The van der Waals surface area contributed by atoms with Gasteiger partial charge in [0.1, 0.15) is 0 Å². The van der Waals surface area contributed by atoms with Crippen molar-refractivity contribution in [1.82, 2.24) is 0 Å². The van der Waals surface area contributed by atoms with Gasteiger partial charge in [-0.25, -0.2) is 0 Å². The molecule has 64 valence electrons. The van der Waals surface area contributed by atoms with Gasteiger partial charge in [0.25, 0.3) is 0 Å². The summed E-state index contributed by atoms with van der Waals surface area (Å²) in [5.41, 5.74) is 5.67. The predicted octanol–water partition coefficient (Wildman–Crippen LogP) is 2.02. The van der Waals surface area contributed by atoms with Crippen LogP contribution < -0.4 is 5.73 Å². The van der Waals surface area contributed by atoms with E-state index in [1.165, 1.54) is 0 Å². The summed E-state index contributed by atoms with van der Waals surface area (Å²) in [7, 11) is 0. The van der Waals surface area contributed by atoms with Gasteiger partial charge in [-0.15, -0.1) is 0 Å². The Bertz CT molecular complexity index is 312. The highest BCUT2D eigenvalue weighted by molar-refractivity contribution is 6.33. The summed E-state index contributed by atoms with van der Waals surface area (Å²) in [5.74, 6) is -0.417. The first-order valence-electron chi connectivity index (χ1n) is 3.32. The molecule has 0 aliphatic rings. The molecule has 0 bridgehead atoms. The van der Waals surface area contributed by atoms with Crippen LogP contribution in [0.1, 0.15) is 5.56 Å². The van der Waals surface area contributed by atoms with E-state index in [2.05, 4.69) is 0 Å². The third kappa shape index (κ3) is 2.40. The standard InChI is InChI=1S/C8H7Cl2NO/c9-6-1-2-7(10)5(3-6)4-8(11)12/h1-3H,4H2,(H2,11,12). The molecule has 0 radical (unpaired) electrons. The first-order valence-corrected chi connectivity index (χ1v) is 4.07. The maximum Gasteiger partial charge on any atom is 0.221 e. The third-order valence-corrected chi connectivity index (χ3v) is 1.98. The number of benzene rings is 1. The second kappa shape index (κ2) is 3.78. The Hall–Kier alpha value is -0.730. The van der Waals surface area contributed by atoms with Gasteiger partial charge in [0.05, 0.1) is 6.42 Å². The number of carbonyl (C=O) groups excluding carboxylic acids is 1. The number of nitrogens with two attached hydrogens (primary N) is 1. The molecular formula is C8H7Cl2NO. The Balaban J connectivity index is 2.97. The fourth-order valence-corrected chi connectivity index (χ4v) is 1.25. The minimum Gasteiger partial charge on any atom is -0.369 e. The van der Waals surface area contributed by atoms with E-state index in [9.17, 15) is 4.79 Å². The number of primary amides is 1. The van der Waals surface area contributed by atoms with E-state index in [0.717, 1.165) is 0 Å². The highest BCUT2D eigenvalue weighted by atomic mass is 35.5. The second-order valence-corrected chi connectivity index (χ2v) is 3.22. The van der Waals surface area contributed by atoms with Crippen molar-refractivity contribution in [3.8, 4) is 0 Å². The highest BCUT2D eigenvalue weighted by Crippen LogP contribution is 2.20. The van der Waals surface area contributed by atoms with Crippen molar-refractivity contribution in [2.24, 2.45) is 5.73 Å². The summed E-state index contributed by atoms with van der Waals surface area (Å²) >= 11 is 11.5. The van der Waals surface area contributed by atoms with Crippen molar-refractivity contribution >= 4 is 29.1 Å². The molecule has 0 aliphatic heterocycles. The van der Waals surface area contributed by atoms with Crippen molar-refractivity contribution in [2.75, 3.05) is 0 Å². The monoisotopic (exact) mass is 203 g/mol. The molecule has 0 saturated carbocycles. The molecule has 0 fully saturated rings. The van der Waals surface area contributed by atoms with Gasteiger partial charge in [0, 0.05) is 10.0 Å². The second-order valence-electron chi connectivity index (χ2n) is 2.38. The molecule has 1 rings (SSSR count). The zero-order chi connectivity index (χ0) is 9.14. The fourth-order valence-electron chi connectivity index (χ4n) is 0.866. The largest absolute Gasteiger partial charge is 0.369 e. The van der Waals surface area contributed by atoms with Gasteiger partial charge in [-0.05, 0) is 23.8 Å². The number of carbonyl (C=O) groups is 1. The Morgan fingerprint density at radius 3 is 2.67 bits per heavy atom. The maximum atomic E-state index is 10.6. The average molecular weight is 204 g/mol. The van der Waals surface area contributed by atoms with Crippen LogP contribution in [0.5, 0.6) is 0 Å². The lowest BCUT2D eigenvalue weighted by atomic mass is 10.1. The van der Waals surface area contributed by atoms with Crippen molar-refractivity contribution < 1.29 is 4.79 Å². The zero-order valence-electron chi connectivity index (χ0n) is 6.18. The fraction of sp³-hybridized carbons (Fsp3) is 0.125. The van der Waals surface area contributed by atoms with Crippen LogP contribution in [-0.2, 0) is 11.2 Å². The smallest absolute Gasteiger partial charge is 0.221 e. The van der Waals surface area contributed by atoms with Gasteiger partial charge in [-0.2, -0.15) is 0 Å². The van der Waals surface area contributed by atoms with E-state index in [0.29, 0.717) is 15.6 Å². The lowest BCUT2D eigenvalue weighted by molar-refractivity contribution is -0.117. The number of hydrogen-bond donors (Lipinski definition) is 1. The molecule has 0 spiro atoms. The zero-order valence-corrected chi connectivity index (χ0v) is 7.69. The summed E-state index contributed by atoms with van der Waals surface area (Å²) < 4.78 is 0. The SMILES string of the molecule is NC(=O)Cc1cc(Cl)ccc1Cl. The third-order valence-electron chi connectivity index (χ3n) is 1.37. The molecular weight excluding hydrogens is 197 g/mol. The van der Waals surface area contributed by atoms with Gasteiger partial charge in [-0.1, -0.05) is 23.2 Å². The molecule has 0 saturated heterocycles. The van der Waals surface area contributed by atoms with E-state index in [-0.39, 0.29) is 6.42 Å². The summed E-state index contributed by atoms with van der Waals surface area (Å²) in [4.78, 5) is 10.6. The first-order chi connectivity index (χ1) is 5.59. The van der Waals surface area contributed by atoms with Crippen molar-refractivity contribution in [2.45, 2.75) is 6.42 Å². The van der Waals surface area contributed by atoms with Crippen LogP contribution in [0.2, 0.25) is 10.0 Å². The van der Waals surface area contributed by atoms with Crippen LogP contribution in [0.25, 0.3) is 0 Å².